The van der Waals surface area contributed by atoms with Gasteiger partial charge in [-0.05, 0) is 44.9 Å². The Morgan fingerprint density at radius 1 is 1.18 bits per heavy atom. The van der Waals surface area contributed by atoms with Crippen molar-refractivity contribution in [1.82, 2.24) is 0 Å². The van der Waals surface area contributed by atoms with Crippen molar-refractivity contribution in [3.05, 3.63) is 28.8 Å². The number of rotatable bonds is 0. The van der Waals surface area contributed by atoms with E-state index in [4.69, 9.17) is 0 Å². The van der Waals surface area contributed by atoms with Gasteiger partial charge in [-0.1, -0.05) is 6.07 Å². The summed E-state index contributed by atoms with van der Waals surface area (Å²) >= 11 is 0. The minimum atomic E-state index is -3.42. The van der Waals surface area contributed by atoms with Crippen LogP contribution in [0.1, 0.15) is 41.8 Å². The highest BCUT2D eigenvalue weighted by Crippen LogP contribution is 2.38. The Morgan fingerprint density at radius 3 is 2.35 bits per heavy atom. The van der Waals surface area contributed by atoms with Crippen LogP contribution in [-0.4, -0.2) is 18.9 Å². The summed E-state index contributed by atoms with van der Waals surface area (Å²) in [7, 11) is -3.42. The van der Waals surface area contributed by atoms with Crippen molar-refractivity contribution >= 4 is 15.6 Å². The van der Waals surface area contributed by atoms with Crippen molar-refractivity contribution in [1.29, 1.82) is 0 Å². The van der Waals surface area contributed by atoms with Gasteiger partial charge in [0.1, 0.15) is 0 Å². The van der Waals surface area contributed by atoms with Crippen LogP contribution < -0.4 is 0 Å². The molecule has 1 heterocycles. The Kier molecular flexibility index (Phi) is 2.47. The second kappa shape index (κ2) is 3.42. The largest absolute Gasteiger partial charge is 0.294 e. The van der Waals surface area contributed by atoms with E-state index in [0.717, 1.165) is 11.1 Å². The van der Waals surface area contributed by atoms with Crippen molar-refractivity contribution in [3.63, 3.8) is 0 Å². The maximum absolute atomic E-state index is 12.4. The van der Waals surface area contributed by atoms with E-state index in [1.807, 2.05) is 13.0 Å². The molecule has 0 amide bonds. The fourth-order valence-electron chi connectivity index (χ4n) is 2.37. The average Bonchev–Trinajstić information content (AvgIpc) is 2.12. The molecular weight excluding hydrogens is 236 g/mol. The molecule has 0 saturated carbocycles. The Balaban J connectivity index is 2.89. The number of aryl methyl sites for hydroxylation is 2. The molecular formula is C13H16O3S. The number of Topliss-reactive ketones (excluding diaryl/α,β-unsaturated/α-hetero) is 1. The van der Waals surface area contributed by atoms with Crippen LogP contribution in [0.4, 0.5) is 0 Å². The number of carbonyl (C=O) groups is 1. The summed E-state index contributed by atoms with van der Waals surface area (Å²) in [6.07, 6.45) is 0.0617. The third-order valence-electron chi connectivity index (χ3n) is 3.33. The first-order valence-electron chi connectivity index (χ1n) is 5.56. The number of hydrogen-bond acceptors (Lipinski definition) is 3. The molecule has 1 aromatic carbocycles. The van der Waals surface area contributed by atoms with Crippen molar-refractivity contribution < 1.29 is 13.2 Å². The number of sulfone groups is 1. The zero-order valence-corrected chi connectivity index (χ0v) is 11.3. The summed E-state index contributed by atoms with van der Waals surface area (Å²) in [5.41, 5.74) is 2.01. The fourth-order valence-corrected chi connectivity index (χ4v) is 4.17. The van der Waals surface area contributed by atoms with Gasteiger partial charge < -0.3 is 0 Å². The molecule has 1 aliphatic heterocycles. The first-order valence-corrected chi connectivity index (χ1v) is 7.04. The number of hydrogen-bond donors (Lipinski definition) is 0. The molecule has 2 rings (SSSR count). The quantitative estimate of drug-likeness (QED) is 0.712. The van der Waals surface area contributed by atoms with E-state index in [1.165, 1.54) is 0 Å². The first kappa shape index (κ1) is 12.3. The standard InChI is InChI=1S/C13H16O3S/c1-8-5-9(2)12-10(14)7-13(3,4)17(15,16)11(12)6-8/h5-6H,7H2,1-4H3. The molecule has 3 nitrogen and oxygen atoms in total. The van der Waals surface area contributed by atoms with Crippen LogP contribution in [0.3, 0.4) is 0 Å². The summed E-state index contributed by atoms with van der Waals surface area (Å²) in [5, 5.41) is 0. The SMILES string of the molecule is Cc1cc(C)c2c(c1)S(=O)(=O)C(C)(C)CC2=O. The molecule has 17 heavy (non-hydrogen) atoms. The third kappa shape index (κ3) is 1.62. The van der Waals surface area contributed by atoms with Gasteiger partial charge in [-0.25, -0.2) is 8.42 Å². The molecule has 0 fully saturated rings. The highest BCUT2D eigenvalue weighted by atomic mass is 32.2. The highest BCUT2D eigenvalue weighted by molar-refractivity contribution is 7.93. The number of benzene rings is 1. The van der Waals surface area contributed by atoms with Gasteiger partial charge in [-0.3, -0.25) is 4.79 Å². The lowest BCUT2D eigenvalue weighted by Gasteiger charge is -2.31. The molecule has 0 radical (unpaired) electrons. The van der Waals surface area contributed by atoms with E-state index < -0.39 is 14.6 Å². The summed E-state index contributed by atoms with van der Waals surface area (Å²) in [4.78, 5) is 12.3. The second-order valence-corrected chi connectivity index (χ2v) is 7.87. The van der Waals surface area contributed by atoms with Gasteiger partial charge in [0.05, 0.1) is 9.64 Å². The normalized spacial score (nSPS) is 21.1. The Bertz CT molecular complexity index is 610. The van der Waals surface area contributed by atoms with Crippen molar-refractivity contribution in [2.75, 3.05) is 0 Å². The Hall–Kier alpha value is -1.16. The second-order valence-electron chi connectivity index (χ2n) is 5.32. The smallest absolute Gasteiger partial charge is 0.184 e. The van der Waals surface area contributed by atoms with Gasteiger partial charge in [0.15, 0.2) is 15.6 Å². The molecule has 92 valence electrons. The van der Waals surface area contributed by atoms with Crippen LogP contribution in [0, 0.1) is 13.8 Å². The Labute approximate surface area is 102 Å². The van der Waals surface area contributed by atoms with Crippen LogP contribution in [0.15, 0.2) is 17.0 Å². The molecule has 0 unspecified atom stereocenters. The number of fused-ring (bicyclic) bond motifs is 1. The molecule has 0 aromatic heterocycles. The van der Waals surface area contributed by atoms with Gasteiger partial charge in [0.2, 0.25) is 0 Å². The zero-order valence-electron chi connectivity index (χ0n) is 10.5. The molecule has 1 aromatic rings. The van der Waals surface area contributed by atoms with E-state index in [0.29, 0.717) is 5.56 Å². The molecule has 0 bridgehead atoms. The monoisotopic (exact) mass is 252 g/mol. The van der Waals surface area contributed by atoms with E-state index in [2.05, 4.69) is 0 Å². The fraction of sp³-hybridized carbons (Fsp3) is 0.462. The van der Waals surface area contributed by atoms with Crippen molar-refractivity contribution in [3.8, 4) is 0 Å². The highest BCUT2D eigenvalue weighted by Gasteiger charge is 2.44. The topological polar surface area (TPSA) is 51.2 Å². The maximum atomic E-state index is 12.4. The number of ketones is 1. The predicted octanol–water partition coefficient (Wildman–Crippen LogP) is 2.44. The van der Waals surface area contributed by atoms with E-state index in [1.54, 1.807) is 26.8 Å². The zero-order chi connectivity index (χ0) is 13.0. The molecule has 0 saturated heterocycles. The third-order valence-corrected chi connectivity index (χ3v) is 5.83. The molecule has 4 heteroatoms. The van der Waals surface area contributed by atoms with Crippen LogP contribution in [0.5, 0.6) is 0 Å². The molecule has 0 aliphatic carbocycles. The lowest BCUT2D eigenvalue weighted by Crippen LogP contribution is -2.40. The molecule has 0 atom stereocenters. The summed E-state index contributed by atoms with van der Waals surface area (Å²) < 4.78 is 23.8. The molecule has 0 spiro atoms. The van der Waals surface area contributed by atoms with Crippen LogP contribution in [-0.2, 0) is 9.84 Å². The van der Waals surface area contributed by atoms with Gasteiger partial charge in [0, 0.05) is 12.0 Å². The van der Waals surface area contributed by atoms with E-state index >= 15 is 0 Å². The van der Waals surface area contributed by atoms with Crippen LogP contribution in [0.25, 0.3) is 0 Å². The van der Waals surface area contributed by atoms with Gasteiger partial charge in [0.25, 0.3) is 0 Å². The van der Waals surface area contributed by atoms with E-state index in [-0.39, 0.29) is 17.1 Å². The van der Waals surface area contributed by atoms with Crippen LogP contribution in [0.2, 0.25) is 0 Å². The van der Waals surface area contributed by atoms with Gasteiger partial charge in [-0.2, -0.15) is 0 Å². The Morgan fingerprint density at radius 2 is 1.76 bits per heavy atom. The average molecular weight is 252 g/mol. The van der Waals surface area contributed by atoms with Crippen molar-refractivity contribution in [2.24, 2.45) is 0 Å². The van der Waals surface area contributed by atoms with Gasteiger partial charge in [-0.15, -0.1) is 0 Å². The van der Waals surface area contributed by atoms with E-state index in [9.17, 15) is 13.2 Å². The molecule has 0 N–H and O–H groups in total. The summed E-state index contributed by atoms with van der Waals surface area (Å²) in [6, 6.07) is 3.46. The summed E-state index contributed by atoms with van der Waals surface area (Å²) in [5.74, 6) is -0.0719. The summed E-state index contributed by atoms with van der Waals surface area (Å²) in [6.45, 7) is 6.86. The number of carbonyl (C=O) groups excluding carboxylic acids is 1. The lowest BCUT2D eigenvalue weighted by atomic mass is 9.95. The maximum Gasteiger partial charge on any atom is 0.184 e. The minimum absolute atomic E-state index is 0.0617. The molecule has 1 aliphatic rings. The minimum Gasteiger partial charge on any atom is -0.294 e. The van der Waals surface area contributed by atoms with Crippen LogP contribution >= 0.6 is 0 Å². The lowest BCUT2D eigenvalue weighted by molar-refractivity contribution is 0.0963. The predicted molar refractivity (Wildman–Crippen MR) is 66.1 cm³/mol. The van der Waals surface area contributed by atoms with Gasteiger partial charge >= 0.3 is 0 Å². The first-order chi connectivity index (χ1) is 7.67. The van der Waals surface area contributed by atoms with Crippen molar-refractivity contribution in [2.45, 2.75) is 43.8 Å².